The first kappa shape index (κ1) is 17.5. The smallest absolute Gasteiger partial charge is 0.276 e. The number of amides is 1. The zero-order valence-electron chi connectivity index (χ0n) is 14.4. The minimum Gasteiger partial charge on any atom is -0.461 e. The molecule has 1 unspecified atom stereocenters. The molecule has 4 rings (SSSR count). The molecular formula is C19H18N2O5S. The SMILES string of the molecule is O=C(c1cc(-c2ccco2)on1)N1CCCC1CS(=O)(=O)c1ccccc1. The number of hydrogen-bond donors (Lipinski definition) is 0. The van der Waals surface area contributed by atoms with E-state index in [1.165, 1.54) is 12.3 Å². The highest BCUT2D eigenvalue weighted by Gasteiger charge is 2.34. The predicted octanol–water partition coefficient (Wildman–Crippen LogP) is 3.01. The first-order valence-electron chi connectivity index (χ1n) is 8.64. The summed E-state index contributed by atoms with van der Waals surface area (Å²) in [5.74, 6) is 0.399. The molecule has 27 heavy (non-hydrogen) atoms. The van der Waals surface area contributed by atoms with E-state index in [9.17, 15) is 13.2 Å². The molecule has 3 aromatic rings. The average molecular weight is 386 g/mol. The number of sulfone groups is 1. The lowest BCUT2D eigenvalue weighted by Crippen LogP contribution is -2.39. The fourth-order valence-corrected chi connectivity index (χ4v) is 4.93. The van der Waals surface area contributed by atoms with Crippen molar-refractivity contribution in [2.75, 3.05) is 12.3 Å². The molecule has 1 saturated heterocycles. The Morgan fingerprint density at radius 1 is 1.15 bits per heavy atom. The van der Waals surface area contributed by atoms with E-state index in [0.29, 0.717) is 24.5 Å². The molecular weight excluding hydrogens is 368 g/mol. The van der Waals surface area contributed by atoms with E-state index < -0.39 is 9.84 Å². The molecule has 0 bridgehead atoms. The molecule has 0 aliphatic carbocycles. The monoisotopic (exact) mass is 386 g/mol. The zero-order valence-corrected chi connectivity index (χ0v) is 15.3. The number of hydrogen-bond acceptors (Lipinski definition) is 6. The van der Waals surface area contributed by atoms with Crippen LogP contribution in [0, 0.1) is 0 Å². The zero-order chi connectivity index (χ0) is 18.9. The number of aromatic nitrogens is 1. The molecule has 0 N–H and O–H groups in total. The Balaban J connectivity index is 1.52. The van der Waals surface area contributed by atoms with Crippen LogP contribution in [0.5, 0.6) is 0 Å². The van der Waals surface area contributed by atoms with E-state index in [1.807, 2.05) is 0 Å². The Bertz CT molecular complexity index is 1030. The van der Waals surface area contributed by atoms with Gasteiger partial charge in [-0.1, -0.05) is 23.4 Å². The van der Waals surface area contributed by atoms with Gasteiger partial charge >= 0.3 is 0 Å². The van der Waals surface area contributed by atoms with Crippen LogP contribution in [-0.2, 0) is 9.84 Å². The van der Waals surface area contributed by atoms with Crippen LogP contribution in [0.3, 0.4) is 0 Å². The maximum Gasteiger partial charge on any atom is 0.276 e. The van der Waals surface area contributed by atoms with E-state index in [-0.39, 0.29) is 28.3 Å². The third kappa shape index (κ3) is 3.52. The predicted molar refractivity (Wildman–Crippen MR) is 96.8 cm³/mol. The number of likely N-dealkylation sites (tertiary alicyclic amines) is 1. The van der Waals surface area contributed by atoms with Gasteiger partial charge in [0.05, 0.1) is 16.9 Å². The van der Waals surface area contributed by atoms with Gasteiger partial charge in [-0.15, -0.1) is 0 Å². The second-order valence-electron chi connectivity index (χ2n) is 6.44. The van der Waals surface area contributed by atoms with Crippen LogP contribution in [0.1, 0.15) is 23.3 Å². The van der Waals surface area contributed by atoms with Crippen LogP contribution in [0.4, 0.5) is 0 Å². The van der Waals surface area contributed by atoms with Crippen LogP contribution in [0.2, 0.25) is 0 Å². The minimum absolute atomic E-state index is 0.106. The summed E-state index contributed by atoms with van der Waals surface area (Å²) in [4.78, 5) is 14.7. The van der Waals surface area contributed by atoms with Crippen molar-refractivity contribution in [2.45, 2.75) is 23.8 Å². The van der Waals surface area contributed by atoms with Crippen molar-refractivity contribution < 1.29 is 22.2 Å². The van der Waals surface area contributed by atoms with Crippen LogP contribution < -0.4 is 0 Å². The normalized spacial score (nSPS) is 17.3. The van der Waals surface area contributed by atoms with E-state index >= 15 is 0 Å². The van der Waals surface area contributed by atoms with Crippen LogP contribution in [0.15, 0.2) is 68.6 Å². The van der Waals surface area contributed by atoms with E-state index in [4.69, 9.17) is 8.94 Å². The standard InChI is InChI=1S/C19H18N2O5S/c22-19(16-12-18(26-20-16)17-9-5-11-25-17)21-10-4-6-14(21)13-27(23,24)15-7-2-1-3-8-15/h1-3,5,7-9,11-12,14H,4,6,10,13H2. The first-order chi connectivity index (χ1) is 13.0. The molecule has 0 saturated carbocycles. The van der Waals surface area contributed by atoms with Crippen LogP contribution in [0.25, 0.3) is 11.5 Å². The fraction of sp³-hybridized carbons (Fsp3) is 0.263. The summed E-state index contributed by atoms with van der Waals surface area (Å²) >= 11 is 0. The van der Waals surface area contributed by atoms with Gasteiger partial charge in [0.2, 0.25) is 5.76 Å². The van der Waals surface area contributed by atoms with Gasteiger partial charge in [-0.3, -0.25) is 4.79 Å². The molecule has 0 radical (unpaired) electrons. The molecule has 3 heterocycles. The van der Waals surface area contributed by atoms with Crippen LogP contribution >= 0.6 is 0 Å². The van der Waals surface area contributed by atoms with Crippen molar-refractivity contribution in [1.29, 1.82) is 0 Å². The number of carbonyl (C=O) groups excluding carboxylic acids is 1. The van der Waals surface area contributed by atoms with Gasteiger partial charge in [-0.2, -0.15) is 0 Å². The van der Waals surface area contributed by atoms with Crippen molar-refractivity contribution in [2.24, 2.45) is 0 Å². The van der Waals surface area contributed by atoms with E-state index in [1.54, 1.807) is 47.4 Å². The molecule has 140 valence electrons. The molecule has 1 aliphatic rings. The highest BCUT2D eigenvalue weighted by Crippen LogP contribution is 2.26. The first-order valence-corrected chi connectivity index (χ1v) is 10.3. The maximum absolute atomic E-state index is 12.8. The second-order valence-corrected chi connectivity index (χ2v) is 8.48. The molecule has 1 aromatic carbocycles. The van der Waals surface area contributed by atoms with Crippen molar-refractivity contribution in [3.63, 3.8) is 0 Å². The molecule has 1 atom stereocenters. The summed E-state index contributed by atoms with van der Waals surface area (Å²) < 4.78 is 35.8. The van der Waals surface area contributed by atoms with E-state index in [0.717, 1.165) is 6.42 Å². The number of nitrogens with zero attached hydrogens (tertiary/aromatic N) is 2. The van der Waals surface area contributed by atoms with Crippen molar-refractivity contribution in [1.82, 2.24) is 10.1 Å². The van der Waals surface area contributed by atoms with Gasteiger partial charge in [0, 0.05) is 18.7 Å². The lowest BCUT2D eigenvalue weighted by molar-refractivity contribution is 0.0739. The number of benzene rings is 1. The minimum atomic E-state index is -3.48. The highest BCUT2D eigenvalue weighted by molar-refractivity contribution is 7.91. The number of rotatable bonds is 5. The Kier molecular flexibility index (Phi) is 4.57. The van der Waals surface area contributed by atoms with Gasteiger partial charge in [0.15, 0.2) is 21.3 Å². The summed E-state index contributed by atoms with van der Waals surface area (Å²) in [5.41, 5.74) is 0.144. The summed E-state index contributed by atoms with van der Waals surface area (Å²) in [6, 6.07) is 12.9. The van der Waals surface area contributed by atoms with Crippen molar-refractivity contribution in [3.8, 4) is 11.5 Å². The van der Waals surface area contributed by atoms with Crippen LogP contribution in [-0.4, -0.2) is 42.7 Å². The van der Waals surface area contributed by atoms with Crippen molar-refractivity contribution in [3.05, 3.63) is 60.5 Å². The molecule has 0 spiro atoms. The Morgan fingerprint density at radius 3 is 2.70 bits per heavy atom. The van der Waals surface area contributed by atoms with Gasteiger partial charge < -0.3 is 13.8 Å². The summed E-state index contributed by atoms with van der Waals surface area (Å²) in [6.45, 7) is 0.497. The summed E-state index contributed by atoms with van der Waals surface area (Å²) in [7, 11) is -3.48. The number of furan rings is 1. The largest absolute Gasteiger partial charge is 0.461 e. The lowest BCUT2D eigenvalue weighted by Gasteiger charge is -2.23. The highest BCUT2D eigenvalue weighted by atomic mass is 32.2. The molecule has 1 aliphatic heterocycles. The fourth-order valence-electron chi connectivity index (χ4n) is 3.31. The Labute approximate surface area is 156 Å². The Hall–Kier alpha value is -2.87. The van der Waals surface area contributed by atoms with Gasteiger partial charge in [-0.25, -0.2) is 8.42 Å². The third-order valence-corrected chi connectivity index (χ3v) is 6.46. The molecule has 1 amide bonds. The summed E-state index contributed by atoms with van der Waals surface area (Å²) in [6.07, 6.45) is 2.90. The lowest BCUT2D eigenvalue weighted by atomic mass is 10.2. The summed E-state index contributed by atoms with van der Waals surface area (Å²) in [5, 5.41) is 3.83. The van der Waals surface area contributed by atoms with Crippen molar-refractivity contribution >= 4 is 15.7 Å². The molecule has 7 nitrogen and oxygen atoms in total. The average Bonchev–Trinajstić information content (AvgIpc) is 3.42. The maximum atomic E-state index is 12.8. The van der Waals surface area contributed by atoms with E-state index in [2.05, 4.69) is 5.16 Å². The second kappa shape index (κ2) is 7.03. The Morgan fingerprint density at radius 2 is 1.96 bits per heavy atom. The van der Waals surface area contributed by atoms with Gasteiger partial charge in [0.1, 0.15) is 0 Å². The quantitative estimate of drug-likeness (QED) is 0.669. The molecule has 8 heteroatoms. The topological polar surface area (TPSA) is 93.6 Å². The molecule has 1 fully saturated rings. The van der Waals surface area contributed by atoms with Gasteiger partial charge in [-0.05, 0) is 37.1 Å². The number of carbonyl (C=O) groups is 1. The molecule has 2 aromatic heterocycles. The van der Waals surface area contributed by atoms with Gasteiger partial charge in [0.25, 0.3) is 5.91 Å². The third-order valence-electron chi connectivity index (χ3n) is 4.65.